The number of hydrogen-bond acceptors (Lipinski definition) is 6. The van der Waals surface area contributed by atoms with Crippen molar-refractivity contribution >= 4 is 61.0 Å². The number of aromatic nitrogens is 3. The molecule has 6 nitrogen and oxygen atoms in total. The quantitative estimate of drug-likeness (QED) is 0.415. The van der Waals surface area contributed by atoms with Crippen molar-refractivity contribution < 1.29 is 4.79 Å². The van der Waals surface area contributed by atoms with E-state index in [1.165, 1.54) is 27.1 Å². The average Bonchev–Trinajstić information content (AvgIpc) is 3.19. The predicted octanol–water partition coefficient (Wildman–Crippen LogP) is 4.64. The molecule has 2 aromatic heterocycles. The van der Waals surface area contributed by atoms with E-state index in [9.17, 15) is 9.59 Å². The van der Waals surface area contributed by atoms with Gasteiger partial charge in [0.15, 0.2) is 5.13 Å². The summed E-state index contributed by atoms with van der Waals surface area (Å²) in [6, 6.07) is 13.4. The maximum absolute atomic E-state index is 12.6. The molecule has 9 heteroatoms. The third kappa shape index (κ3) is 4.42. The molecule has 0 fully saturated rings. The summed E-state index contributed by atoms with van der Waals surface area (Å²) in [6.45, 7) is -0.133. The Morgan fingerprint density at radius 1 is 1.24 bits per heavy atom. The minimum absolute atomic E-state index is 0.133. The van der Waals surface area contributed by atoms with Crippen LogP contribution < -0.4 is 10.9 Å². The van der Waals surface area contributed by atoms with Crippen LogP contribution in [0.5, 0.6) is 0 Å². The molecule has 0 aliphatic carbocycles. The van der Waals surface area contributed by atoms with Gasteiger partial charge in [-0.2, -0.15) is 0 Å². The summed E-state index contributed by atoms with van der Waals surface area (Å²) < 4.78 is 2.08. The summed E-state index contributed by atoms with van der Waals surface area (Å²) >= 11 is 6.38. The second-order valence-electron chi connectivity index (χ2n) is 6.15. The molecular weight excluding hydrogens is 472 g/mol. The molecular formula is C20H15BrN4O2S2. The second-order valence-corrected chi connectivity index (χ2v) is 8.81. The Labute approximate surface area is 183 Å². The lowest BCUT2D eigenvalue weighted by Gasteiger charge is -2.06. The van der Waals surface area contributed by atoms with E-state index < -0.39 is 0 Å². The summed E-state index contributed by atoms with van der Waals surface area (Å²) in [6.07, 6.45) is 3.42. The van der Waals surface area contributed by atoms with Gasteiger partial charge in [0.2, 0.25) is 5.91 Å². The first-order valence-corrected chi connectivity index (χ1v) is 11.5. The molecule has 0 unspecified atom stereocenters. The fourth-order valence-corrected chi connectivity index (χ4v) is 4.29. The zero-order chi connectivity index (χ0) is 20.4. The molecule has 4 rings (SSSR count). The number of nitrogens with zero attached hydrogens (tertiary/aromatic N) is 3. The zero-order valence-corrected chi connectivity index (χ0v) is 18.5. The normalized spacial score (nSPS) is 11.0. The lowest BCUT2D eigenvalue weighted by Crippen LogP contribution is -2.27. The largest absolute Gasteiger partial charge is 0.300 e. The number of thiazole rings is 1. The number of anilines is 1. The number of benzene rings is 2. The monoisotopic (exact) mass is 486 g/mol. The van der Waals surface area contributed by atoms with Crippen LogP contribution >= 0.6 is 39.0 Å². The van der Waals surface area contributed by atoms with E-state index in [-0.39, 0.29) is 18.0 Å². The second kappa shape index (κ2) is 8.48. The van der Waals surface area contributed by atoms with Crippen LogP contribution in [-0.2, 0) is 11.3 Å². The van der Waals surface area contributed by atoms with Crippen molar-refractivity contribution in [3.05, 3.63) is 69.0 Å². The van der Waals surface area contributed by atoms with Gasteiger partial charge in [-0.1, -0.05) is 28.1 Å². The lowest BCUT2D eigenvalue weighted by atomic mass is 10.2. The van der Waals surface area contributed by atoms with Crippen LogP contribution in [0.1, 0.15) is 0 Å². The number of carbonyl (C=O) groups is 1. The predicted molar refractivity (Wildman–Crippen MR) is 122 cm³/mol. The number of hydrogen-bond donors (Lipinski definition) is 1. The molecule has 0 saturated carbocycles. The van der Waals surface area contributed by atoms with Crippen molar-refractivity contribution in [3.63, 3.8) is 0 Å². The Bertz CT molecular complexity index is 1250. The molecule has 0 atom stereocenters. The number of halogens is 1. The fourth-order valence-electron chi connectivity index (χ4n) is 2.78. The van der Waals surface area contributed by atoms with Gasteiger partial charge in [-0.25, -0.2) is 9.97 Å². The van der Waals surface area contributed by atoms with Crippen molar-refractivity contribution in [2.75, 3.05) is 11.6 Å². The van der Waals surface area contributed by atoms with Crippen LogP contribution in [0.15, 0.2) is 68.3 Å². The minimum atomic E-state index is -0.332. The molecule has 0 aliphatic heterocycles. The molecule has 29 heavy (non-hydrogen) atoms. The van der Waals surface area contributed by atoms with Gasteiger partial charge in [0.25, 0.3) is 5.56 Å². The summed E-state index contributed by atoms with van der Waals surface area (Å²) in [5.74, 6) is -0.332. The average molecular weight is 487 g/mol. The highest BCUT2D eigenvalue weighted by Crippen LogP contribution is 2.26. The Balaban J connectivity index is 1.49. The molecule has 0 bridgehead atoms. The van der Waals surface area contributed by atoms with Crippen LogP contribution in [0.4, 0.5) is 5.13 Å². The van der Waals surface area contributed by atoms with Gasteiger partial charge in [-0.3, -0.25) is 14.2 Å². The number of carbonyl (C=O) groups excluding carboxylic acids is 1. The Morgan fingerprint density at radius 3 is 2.79 bits per heavy atom. The first-order chi connectivity index (χ1) is 14.0. The summed E-state index contributed by atoms with van der Waals surface area (Å²) in [4.78, 5) is 34.9. The highest BCUT2D eigenvalue weighted by molar-refractivity contribution is 9.10. The maximum Gasteiger partial charge on any atom is 0.261 e. The highest BCUT2D eigenvalue weighted by atomic mass is 79.9. The molecule has 1 amide bonds. The number of amides is 1. The molecule has 0 saturated heterocycles. The van der Waals surface area contributed by atoms with Crippen molar-refractivity contribution in [2.45, 2.75) is 11.4 Å². The van der Waals surface area contributed by atoms with Gasteiger partial charge in [-0.15, -0.1) is 23.1 Å². The SMILES string of the molecule is CSc1ccc(-c2csc(NC(=O)Cn3cnc4ccc(Br)cc4c3=O)n2)cc1. The summed E-state index contributed by atoms with van der Waals surface area (Å²) in [5.41, 5.74) is 2.11. The van der Waals surface area contributed by atoms with Crippen molar-refractivity contribution in [1.82, 2.24) is 14.5 Å². The third-order valence-electron chi connectivity index (χ3n) is 4.24. The van der Waals surface area contributed by atoms with Crippen LogP contribution in [-0.4, -0.2) is 26.7 Å². The fraction of sp³-hybridized carbons (Fsp3) is 0.100. The number of thioether (sulfide) groups is 1. The Morgan fingerprint density at radius 2 is 2.03 bits per heavy atom. The number of rotatable bonds is 5. The Hall–Kier alpha value is -2.49. The van der Waals surface area contributed by atoms with Crippen molar-refractivity contribution in [3.8, 4) is 11.3 Å². The van der Waals surface area contributed by atoms with Crippen molar-refractivity contribution in [2.24, 2.45) is 0 Å². The molecule has 0 aliphatic rings. The molecule has 2 heterocycles. The van der Waals surface area contributed by atoms with Gasteiger partial charge in [0.05, 0.1) is 22.9 Å². The molecule has 0 spiro atoms. The Kier molecular flexibility index (Phi) is 5.79. The van der Waals surface area contributed by atoms with E-state index in [2.05, 4.69) is 31.2 Å². The van der Waals surface area contributed by atoms with Crippen LogP contribution in [0.2, 0.25) is 0 Å². The van der Waals surface area contributed by atoms with Gasteiger partial charge in [0, 0.05) is 20.3 Å². The van der Waals surface area contributed by atoms with Crippen LogP contribution in [0.25, 0.3) is 22.2 Å². The molecule has 1 N–H and O–H groups in total. The zero-order valence-electron chi connectivity index (χ0n) is 15.3. The van der Waals surface area contributed by atoms with E-state index in [1.807, 2.05) is 42.0 Å². The first kappa shape index (κ1) is 19.8. The van der Waals surface area contributed by atoms with Gasteiger partial charge >= 0.3 is 0 Å². The number of fused-ring (bicyclic) bond motifs is 1. The molecule has 0 radical (unpaired) electrons. The maximum atomic E-state index is 12.6. The van der Waals surface area contributed by atoms with Crippen molar-refractivity contribution in [1.29, 1.82) is 0 Å². The van der Waals surface area contributed by atoms with Crippen LogP contribution in [0, 0.1) is 0 Å². The van der Waals surface area contributed by atoms with E-state index in [0.717, 1.165) is 15.7 Å². The minimum Gasteiger partial charge on any atom is -0.300 e. The summed E-state index contributed by atoms with van der Waals surface area (Å²) in [7, 11) is 0. The van der Waals surface area contributed by atoms with Crippen LogP contribution in [0.3, 0.4) is 0 Å². The standard InChI is InChI=1S/C20H15BrN4O2S2/c1-28-14-5-2-12(3-6-14)17-10-29-20(23-17)24-18(26)9-25-11-22-16-7-4-13(21)8-15(16)19(25)27/h2-8,10-11H,9H2,1H3,(H,23,24,26). The van der Waals surface area contributed by atoms with Gasteiger partial charge < -0.3 is 5.32 Å². The topological polar surface area (TPSA) is 76.9 Å². The molecule has 4 aromatic rings. The molecule has 2 aromatic carbocycles. The smallest absolute Gasteiger partial charge is 0.261 e. The van der Waals surface area contributed by atoms with Gasteiger partial charge in [-0.05, 0) is 36.6 Å². The highest BCUT2D eigenvalue weighted by Gasteiger charge is 2.11. The van der Waals surface area contributed by atoms with E-state index >= 15 is 0 Å². The van der Waals surface area contributed by atoms with E-state index in [4.69, 9.17) is 0 Å². The first-order valence-electron chi connectivity index (χ1n) is 8.58. The summed E-state index contributed by atoms with van der Waals surface area (Å²) in [5, 5.41) is 5.60. The van der Waals surface area contributed by atoms with E-state index in [0.29, 0.717) is 16.0 Å². The van der Waals surface area contributed by atoms with Gasteiger partial charge in [0.1, 0.15) is 6.54 Å². The molecule has 146 valence electrons. The third-order valence-corrected chi connectivity index (χ3v) is 6.23. The number of nitrogens with one attached hydrogen (secondary N) is 1. The van der Waals surface area contributed by atoms with E-state index in [1.54, 1.807) is 23.9 Å². The lowest BCUT2D eigenvalue weighted by molar-refractivity contribution is -0.116.